The number of benzene rings is 2. The van der Waals surface area contributed by atoms with E-state index in [-0.39, 0.29) is 11.6 Å². The van der Waals surface area contributed by atoms with Gasteiger partial charge in [0.15, 0.2) is 0 Å². The van der Waals surface area contributed by atoms with E-state index in [9.17, 15) is 25.0 Å². The minimum Gasteiger partial charge on any atom is -0.497 e. The molecule has 3 aromatic rings. The topological polar surface area (TPSA) is 146 Å². The Morgan fingerprint density at radius 2 is 1.69 bits per heavy atom. The molecule has 0 saturated heterocycles. The molecule has 12 nitrogen and oxygen atoms in total. The molecular formula is C23H20N6O6. The minimum absolute atomic E-state index is 0.0776. The molecule has 4 rings (SSSR count). The molecular weight excluding hydrogens is 456 g/mol. The first-order chi connectivity index (χ1) is 16.6. The highest BCUT2D eigenvalue weighted by molar-refractivity contribution is 6.32. The number of carbonyl (C=O) groups excluding carboxylic acids is 1. The fourth-order valence-corrected chi connectivity index (χ4v) is 3.78. The van der Waals surface area contributed by atoms with Crippen molar-refractivity contribution >= 4 is 34.8 Å². The molecule has 0 radical (unpaired) electrons. The highest BCUT2D eigenvalue weighted by atomic mass is 16.6. The van der Waals surface area contributed by atoms with Crippen LogP contribution in [0.3, 0.4) is 0 Å². The number of rotatable bonds is 6. The third-order valence-electron chi connectivity index (χ3n) is 5.61. The molecule has 1 aromatic heterocycles. The van der Waals surface area contributed by atoms with Crippen molar-refractivity contribution in [2.75, 3.05) is 12.1 Å². The molecule has 35 heavy (non-hydrogen) atoms. The Hall–Kier alpha value is -4.87. The average Bonchev–Trinajstić information content (AvgIpc) is 3.28. The Morgan fingerprint density at radius 1 is 1.00 bits per heavy atom. The van der Waals surface area contributed by atoms with E-state index in [4.69, 9.17) is 4.74 Å². The molecule has 0 bridgehead atoms. The van der Waals surface area contributed by atoms with E-state index in [1.807, 2.05) is 0 Å². The number of nitro groups is 2. The number of non-ortho nitro benzene ring substituents is 1. The normalized spacial score (nSPS) is 14.4. The van der Waals surface area contributed by atoms with Crippen LogP contribution in [0.25, 0.3) is 11.8 Å². The van der Waals surface area contributed by atoms with Gasteiger partial charge in [-0.3, -0.25) is 25.0 Å². The number of hydrogen-bond acceptors (Lipinski definition) is 8. The van der Waals surface area contributed by atoms with Crippen molar-refractivity contribution in [2.24, 2.45) is 5.10 Å². The predicted octanol–water partition coefficient (Wildman–Crippen LogP) is 4.12. The molecule has 2 heterocycles. The molecule has 1 aliphatic rings. The molecule has 178 valence electrons. The first-order valence-corrected chi connectivity index (χ1v) is 10.4. The smallest absolute Gasteiger partial charge is 0.301 e. The summed E-state index contributed by atoms with van der Waals surface area (Å²) >= 11 is 0. The number of ether oxygens (including phenoxy) is 1. The van der Waals surface area contributed by atoms with Crippen LogP contribution in [0.4, 0.5) is 17.1 Å². The maximum atomic E-state index is 13.2. The number of amides is 1. The molecule has 0 saturated carbocycles. The van der Waals surface area contributed by atoms with Crippen LogP contribution in [0.1, 0.15) is 23.9 Å². The van der Waals surface area contributed by atoms with E-state index >= 15 is 0 Å². The molecule has 0 spiro atoms. The van der Waals surface area contributed by atoms with Gasteiger partial charge in [0.05, 0.1) is 45.7 Å². The summed E-state index contributed by atoms with van der Waals surface area (Å²) in [7, 11) is 1.55. The summed E-state index contributed by atoms with van der Waals surface area (Å²) in [6, 6.07) is 10.3. The zero-order chi connectivity index (χ0) is 25.4. The first kappa shape index (κ1) is 23.3. The lowest BCUT2D eigenvalue weighted by Crippen LogP contribution is -2.21. The number of carbonyl (C=O) groups is 1. The fraction of sp³-hybridized carbons (Fsp3) is 0.174. The van der Waals surface area contributed by atoms with Gasteiger partial charge in [0, 0.05) is 17.3 Å². The lowest BCUT2D eigenvalue weighted by molar-refractivity contribution is -0.394. The van der Waals surface area contributed by atoms with Crippen molar-refractivity contribution in [1.29, 1.82) is 0 Å². The number of hydrogen-bond donors (Lipinski definition) is 0. The third-order valence-corrected chi connectivity index (χ3v) is 5.61. The van der Waals surface area contributed by atoms with Crippen LogP contribution in [-0.2, 0) is 4.79 Å². The minimum atomic E-state index is -0.698. The number of nitro benzene ring substituents is 2. The SMILES string of the molecule is COc1ccc(N2N=C(C)/C(=C\c3c(C)nn(-c4ccc([N+](=O)[O-])cc4[N+](=O)[O-])c3C)C2=O)cc1. The highest BCUT2D eigenvalue weighted by Crippen LogP contribution is 2.32. The molecule has 0 unspecified atom stereocenters. The zero-order valence-corrected chi connectivity index (χ0v) is 19.3. The summed E-state index contributed by atoms with van der Waals surface area (Å²) in [5.41, 5.74) is 2.28. The molecule has 0 N–H and O–H groups in total. The monoisotopic (exact) mass is 476 g/mol. The summed E-state index contributed by atoms with van der Waals surface area (Å²) in [6.07, 6.45) is 1.65. The number of nitrogens with zero attached hydrogens (tertiary/aromatic N) is 6. The van der Waals surface area contributed by atoms with Crippen LogP contribution in [-0.4, -0.2) is 38.4 Å². The van der Waals surface area contributed by atoms with Crippen molar-refractivity contribution < 1.29 is 19.4 Å². The average molecular weight is 476 g/mol. The molecule has 1 amide bonds. The quantitative estimate of drug-likeness (QED) is 0.295. The van der Waals surface area contributed by atoms with Crippen molar-refractivity contribution in [3.05, 3.63) is 85.2 Å². The lowest BCUT2D eigenvalue weighted by Gasteiger charge is -2.12. The number of anilines is 1. The van der Waals surface area contributed by atoms with Crippen LogP contribution in [0.2, 0.25) is 0 Å². The van der Waals surface area contributed by atoms with Gasteiger partial charge in [-0.25, -0.2) is 4.68 Å². The van der Waals surface area contributed by atoms with Crippen molar-refractivity contribution in [3.63, 3.8) is 0 Å². The van der Waals surface area contributed by atoms with E-state index in [1.165, 1.54) is 21.8 Å². The van der Waals surface area contributed by atoms with Crippen molar-refractivity contribution in [1.82, 2.24) is 9.78 Å². The van der Waals surface area contributed by atoms with Crippen LogP contribution >= 0.6 is 0 Å². The Balaban J connectivity index is 1.74. The fourth-order valence-electron chi connectivity index (χ4n) is 3.78. The number of hydrazone groups is 1. The second kappa shape index (κ2) is 8.82. The van der Waals surface area contributed by atoms with E-state index in [0.29, 0.717) is 39.7 Å². The summed E-state index contributed by atoms with van der Waals surface area (Å²) < 4.78 is 6.50. The van der Waals surface area contributed by atoms with Gasteiger partial charge in [-0.2, -0.15) is 15.2 Å². The van der Waals surface area contributed by atoms with Crippen molar-refractivity contribution in [3.8, 4) is 11.4 Å². The van der Waals surface area contributed by atoms with Gasteiger partial charge in [-0.05, 0) is 57.2 Å². The maximum Gasteiger partial charge on any atom is 0.301 e. The molecule has 0 fully saturated rings. The summed E-state index contributed by atoms with van der Waals surface area (Å²) in [5, 5.41) is 32.7. The molecule has 0 atom stereocenters. The lowest BCUT2D eigenvalue weighted by atomic mass is 10.1. The van der Waals surface area contributed by atoms with Crippen LogP contribution in [0.5, 0.6) is 5.75 Å². The van der Waals surface area contributed by atoms with E-state index in [0.717, 1.165) is 6.07 Å². The van der Waals surface area contributed by atoms with Gasteiger partial charge in [-0.15, -0.1) is 0 Å². The maximum absolute atomic E-state index is 13.2. The summed E-state index contributed by atoms with van der Waals surface area (Å²) in [5.74, 6) is 0.316. The Labute approximate surface area is 199 Å². The highest BCUT2D eigenvalue weighted by Gasteiger charge is 2.30. The molecule has 0 aliphatic carbocycles. The number of methoxy groups -OCH3 is 1. The van der Waals surface area contributed by atoms with E-state index in [1.54, 1.807) is 58.2 Å². The second-order valence-electron chi connectivity index (χ2n) is 7.74. The van der Waals surface area contributed by atoms with Crippen LogP contribution in [0, 0.1) is 34.1 Å². The van der Waals surface area contributed by atoms with Crippen LogP contribution < -0.4 is 9.75 Å². The Bertz CT molecular complexity index is 1440. The van der Waals surface area contributed by atoms with Gasteiger partial charge in [0.1, 0.15) is 11.4 Å². The zero-order valence-electron chi connectivity index (χ0n) is 19.3. The van der Waals surface area contributed by atoms with Gasteiger partial charge in [0.25, 0.3) is 11.6 Å². The second-order valence-corrected chi connectivity index (χ2v) is 7.74. The van der Waals surface area contributed by atoms with E-state index < -0.39 is 21.2 Å². The van der Waals surface area contributed by atoms with Gasteiger partial charge in [-0.1, -0.05) is 0 Å². The van der Waals surface area contributed by atoms with Crippen LogP contribution in [0.15, 0.2) is 53.1 Å². The summed E-state index contributed by atoms with van der Waals surface area (Å²) in [6.45, 7) is 5.12. The Kier molecular flexibility index (Phi) is 5.87. The first-order valence-electron chi connectivity index (χ1n) is 10.4. The van der Waals surface area contributed by atoms with Crippen molar-refractivity contribution in [2.45, 2.75) is 20.8 Å². The molecule has 12 heteroatoms. The number of aryl methyl sites for hydroxylation is 1. The summed E-state index contributed by atoms with van der Waals surface area (Å²) in [4.78, 5) is 34.4. The van der Waals surface area contributed by atoms with Gasteiger partial charge >= 0.3 is 5.69 Å². The van der Waals surface area contributed by atoms with Gasteiger partial charge < -0.3 is 4.74 Å². The molecule has 1 aliphatic heterocycles. The Morgan fingerprint density at radius 3 is 2.29 bits per heavy atom. The predicted molar refractivity (Wildman–Crippen MR) is 128 cm³/mol. The van der Waals surface area contributed by atoms with E-state index in [2.05, 4.69) is 10.2 Å². The third kappa shape index (κ3) is 4.12. The largest absolute Gasteiger partial charge is 0.497 e. The molecule has 2 aromatic carbocycles. The standard InChI is InChI=1S/C23H20N6O6/c1-13-19(12-20-14(2)25-27(23(20)30)16-5-8-18(35-4)9-6-16)15(3)26(24-13)21-10-7-17(28(31)32)11-22(21)29(33)34/h5-12H,1-4H3/b20-12+. The van der Waals surface area contributed by atoms with Gasteiger partial charge in [0.2, 0.25) is 0 Å². The number of aromatic nitrogens is 2.